The first-order valence-corrected chi connectivity index (χ1v) is 6.73. The van der Waals surface area contributed by atoms with Crippen LogP contribution >= 0.6 is 0 Å². The van der Waals surface area contributed by atoms with Gasteiger partial charge in [0.2, 0.25) is 0 Å². The predicted molar refractivity (Wildman–Crippen MR) is 73.9 cm³/mol. The summed E-state index contributed by atoms with van der Waals surface area (Å²) in [6.07, 6.45) is 2.05. The molecule has 3 N–H and O–H groups in total. The average molecular weight is 276 g/mol. The number of rotatable bonds is 4. The molecule has 1 amide bonds. The van der Waals surface area contributed by atoms with Gasteiger partial charge in [-0.05, 0) is 49.9 Å². The van der Waals surface area contributed by atoms with Crippen molar-refractivity contribution in [2.24, 2.45) is 5.92 Å². The molecule has 1 aromatic heterocycles. The van der Waals surface area contributed by atoms with Crippen LogP contribution in [0, 0.1) is 11.7 Å². The first kappa shape index (κ1) is 13.1. The number of aromatic nitrogens is 1. The molecule has 20 heavy (non-hydrogen) atoms. The molecule has 1 heterocycles. The van der Waals surface area contributed by atoms with Crippen LogP contribution < -0.4 is 5.32 Å². The predicted octanol–water partition coefficient (Wildman–Crippen LogP) is 2.20. The minimum absolute atomic E-state index is 0.0851. The summed E-state index contributed by atoms with van der Waals surface area (Å²) in [6.45, 7) is 1.77. The molecule has 1 aliphatic carbocycles. The summed E-state index contributed by atoms with van der Waals surface area (Å²) in [5, 5.41) is 13.0. The van der Waals surface area contributed by atoms with Gasteiger partial charge < -0.3 is 15.4 Å². The second kappa shape index (κ2) is 4.59. The van der Waals surface area contributed by atoms with E-state index >= 15 is 0 Å². The summed E-state index contributed by atoms with van der Waals surface area (Å²) in [4.78, 5) is 15.2. The molecule has 5 heteroatoms. The number of hydrogen-bond acceptors (Lipinski definition) is 2. The van der Waals surface area contributed by atoms with Crippen molar-refractivity contribution in [2.75, 3.05) is 6.61 Å². The molecule has 3 rings (SSSR count). The van der Waals surface area contributed by atoms with E-state index in [1.54, 1.807) is 12.1 Å². The van der Waals surface area contributed by atoms with E-state index in [0.717, 1.165) is 12.8 Å². The Balaban J connectivity index is 1.85. The fourth-order valence-electron chi connectivity index (χ4n) is 2.54. The van der Waals surface area contributed by atoms with E-state index in [1.807, 2.05) is 6.92 Å². The number of benzene rings is 1. The Bertz CT molecular complexity index is 663. The summed E-state index contributed by atoms with van der Waals surface area (Å²) >= 11 is 0. The van der Waals surface area contributed by atoms with Crippen LogP contribution in [0.4, 0.5) is 4.39 Å². The molecule has 0 bridgehead atoms. The number of aromatic amines is 1. The minimum atomic E-state index is -0.584. The monoisotopic (exact) mass is 276 g/mol. The molecule has 0 radical (unpaired) electrons. The Kier molecular flexibility index (Phi) is 3.01. The van der Waals surface area contributed by atoms with E-state index in [2.05, 4.69) is 10.3 Å². The van der Waals surface area contributed by atoms with E-state index in [9.17, 15) is 14.3 Å². The third kappa shape index (κ3) is 2.29. The number of halogens is 1. The molecule has 1 unspecified atom stereocenters. The second-order valence-electron chi connectivity index (χ2n) is 5.72. The molecule has 106 valence electrons. The van der Waals surface area contributed by atoms with E-state index in [-0.39, 0.29) is 18.3 Å². The summed E-state index contributed by atoms with van der Waals surface area (Å²) in [6, 6.07) is 5.96. The Labute approximate surface area is 116 Å². The highest BCUT2D eigenvalue weighted by Crippen LogP contribution is 2.39. The Morgan fingerprint density at radius 3 is 2.90 bits per heavy atom. The van der Waals surface area contributed by atoms with Gasteiger partial charge in [0.05, 0.1) is 12.1 Å². The highest BCUT2D eigenvalue weighted by Gasteiger charge is 2.42. The summed E-state index contributed by atoms with van der Waals surface area (Å²) in [5.41, 5.74) is 0.513. The standard InChI is InChI=1S/C15H17FN2O2/c1-15(8-19,10-2-3-10)18-14(20)13-7-9-6-11(16)4-5-12(9)17-13/h4-7,10,17,19H,2-3,8H2,1H3,(H,18,20). The van der Waals surface area contributed by atoms with Gasteiger partial charge in [0.1, 0.15) is 11.5 Å². The van der Waals surface area contributed by atoms with Gasteiger partial charge in [0.15, 0.2) is 0 Å². The first-order chi connectivity index (χ1) is 9.51. The number of fused-ring (bicyclic) bond motifs is 1. The SMILES string of the molecule is CC(CO)(NC(=O)c1cc2cc(F)ccc2[nH]1)C1CC1. The fourth-order valence-corrected chi connectivity index (χ4v) is 2.54. The number of aliphatic hydroxyl groups excluding tert-OH is 1. The number of aliphatic hydroxyl groups is 1. The summed E-state index contributed by atoms with van der Waals surface area (Å²) in [7, 11) is 0. The summed E-state index contributed by atoms with van der Waals surface area (Å²) in [5.74, 6) is -0.273. The number of H-pyrrole nitrogens is 1. The van der Waals surface area contributed by atoms with Crippen LogP contribution in [0.25, 0.3) is 10.9 Å². The molecule has 1 fully saturated rings. The highest BCUT2D eigenvalue weighted by atomic mass is 19.1. The van der Waals surface area contributed by atoms with Crippen LogP contribution in [-0.2, 0) is 0 Å². The van der Waals surface area contributed by atoms with Gasteiger partial charge in [-0.1, -0.05) is 0 Å². The smallest absolute Gasteiger partial charge is 0.268 e. The maximum Gasteiger partial charge on any atom is 0.268 e. The summed E-state index contributed by atoms with van der Waals surface area (Å²) < 4.78 is 13.1. The van der Waals surface area contributed by atoms with E-state index in [4.69, 9.17) is 0 Å². The maximum atomic E-state index is 13.1. The Hall–Kier alpha value is -1.88. The van der Waals surface area contributed by atoms with Crippen molar-refractivity contribution in [3.63, 3.8) is 0 Å². The van der Waals surface area contributed by atoms with Gasteiger partial charge in [-0.25, -0.2) is 4.39 Å². The van der Waals surface area contributed by atoms with Crippen molar-refractivity contribution in [1.29, 1.82) is 0 Å². The third-order valence-corrected chi connectivity index (χ3v) is 4.03. The average Bonchev–Trinajstić information content (AvgIpc) is 3.19. The fraction of sp³-hybridized carbons (Fsp3) is 0.400. The van der Waals surface area contributed by atoms with Crippen molar-refractivity contribution in [1.82, 2.24) is 10.3 Å². The molecule has 1 aromatic carbocycles. The molecule has 2 aromatic rings. The normalized spacial score (nSPS) is 17.9. The first-order valence-electron chi connectivity index (χ1n) is 6.73. The van der Waals surface area contributed by atoms with Crippen LogP contribution in [0.1, 0.15) is 30.3 Å². The number of hydrogen-bond donors (Lipinski definition) is 3. The van der Waals surface area contributed by atoms with Crippen molar-refractivity contribution in [2.45, 2.75) is 25.3 Å². The van der Waals surface area contributed by atoms with E-state index in [1.165, 1.54) is 12.1 Å². The molecule has 1 aliphatic rings. The van der Waals surface area contributed by atoms with Crippen LogP contribution in [0.2, 0.25) is 0 Å². The van der Waals surface area contributed by atoms with Gasteiger partial charge in [0.25, 0.3) is 5.91 Å². The lowest BCUT2D eigenvalue weighted by Gasteiger charge is -2.28. The van der Waals surface area contributed by atoms with Crippen molar-refractivity contribution in [3.8, 4) is 0 Å². The Morgan fingerprint density at radius 1 is 1.50 bits per heavy atom. The van der Waals surface area contributed by atoms with Crippen LogP contribution in [0.3, 0.4) is 0 Å². The molecule has 4 nitrogen and oxygen atoms in total. The van der Waals surface area contributed by atoms with E-state index < -0.39 is 5.54 Å². The largest absolute Gasteiger partial charge is 0.394 e. The topological polar surface area (TPSA) is 65.1 Å². The van der Waals surface area contributed by atoms with Gasteiger partial charge in [0, 0.05) is 10.9 Å². The van der Waals surface area contributed by atoms with Gasteiger partial charge >= 0.3 is 0 Å². The molecule has 1 atom stereocenters. The molecule has 1 saturated carbocycles. The molecule has 0 saturated heterocycles. The van der Waals surface area contributed by atoms with Gasteiger partial charge in [-0.3, -0.25) is 4.79 Å². The van der Waals surface area contributed by atoms with Gasteiger partial charge in [-0.15, -0.1) is 0 Å². The van der Waals surface area contributed by atoms with Crippen molar-refractivity contribution >= 4 is 16.8 Å². The van der Waals surface area contributed by atoms with Crippen molar-refractivity contribution in [3.05, 3.63) is 35.8 Å². The van der Waals surface area contributed by atoms with Gasteiger partial charge in [-0.2, -0.15) is 0 Å². The number of amides is 1. The number of nitrogens with one attached hydrogen (secondary N) is 2. The van der Waals surface area contributed by atoms with Crippen molar-refractivity contribution < 1.29 is 14.3 Å². The minimum Gasteiger partial charge on any atom is -0.394 e. The lowest BCUT2D eigenvalue weighted by molar-refractivity contribution is 0.0820. The van der Waals surface area contributed by atoms with Crippen LogP contribution in [-0.4, -0.2) is 28.1 Å². The third-order valence-electron chi connectivity index (χ3n) is 4.03. The zero-order valence-electron chi connectivity index (χ0n) is 11.2. The molecular weight excluding hydrogens is 259 g/mol. The zero-order chi connectivity index (χ0) is 14.3. The van der Waals surface area contributed by atoms with Crippen LogP contribution in [0.15, 0.2) is 24.3 Å². The Morgan fingerprint density at radius 2 is 2.25 bits per heavy atom. The van der Waals surface area contributed by atoms with Crippen LogP contribution in [0.5, 0.6) is 0 Å². The number of carbonyl (C=O) groups excluding carboxylic acids is 1. The molecule has 0 aliphatic heterocycles. The lowest BCUT2D eigenvalue weighted by atomic mass is 9.97. The second-order valence-corrected chi connectivity index (χ2v) is 5.72. The lowest BCUT2D eigenvalue weighted by Crippen LogP contribution is -2.50. The maximum absolute atomic E-state index is 13.1. The quantitative estimate of drug-likeness (QED) is 0.801. The van der Waals surface area contributed by atoms with E-state index in [0.29, 0.717) is 22.5 Å². The highest BCUT2D eigenvalue weighted by molar-refractivity contribution is 5.98. The molecule has 0 spiro atoms. The molecular formula is C15H17FN2O2. The zero-order valence-corrected chi connectivity index (χ0v) is 11.2. The number of carbonyl (C=O) groups is 1.